The Morgan fingerprint density at radius 2 is 2.21 bits per heavy atom. The van der Waals surface area contributed by atoms with Crippen molar-refractivity contribution < 1.29 is 0 Å². The lowest BCUT2D eigenvalue weighted by molar-refractivity contribution is 0.565. The van der Waals surface area contributed by atoms with Gasteiger partial charge in [0.05, 0.1) is 0 Å². The van der Waals surface area contributed by atoms with Gasteiger partial charge >= 0.3 is 0 Å². The molecular weight excluding hydrogens is 198 g/mol. The van der Waals surface area contributed by atoms with Crippen molar-refractivity contribution in [2.75, 3.05) is 0 Å². The maximum Gasteiger partial charge on any atom is 0.197 e. The molecule has 0 aromatic carbocycles. The molecule has 0 aromatic heterocycles. The fourth-order valence-electron chi connectivity index (χ4n) is 1.35. The first-order valence-electron chi connectivity index (χ1n) is 5.09. The van der Waals surface area contributed by atoms with Crippen molar-refractivity contribution in [1.82, 2.24) is 10.6 Å². The van der Waals surface area contributed by atoms with Crippen LogP contribution < -0.4 is 10.6 Å². The van der Waals surface area contributed by atoms with Gasteiger partial charge in [0.25, 0.3) is 0 Å². The molecule has 0 saturated carbocycles. The molecule has 0 fully saturated rings. The van der Waals surface area contributed by atoms with Crippen LogP contribution in [0.5, 0.6) is 0 Å². The van der Waals surface area contributed by atoms with Gasteiger partial charge in [-0.05, 0) is 19.8 Å². The van der Waals surface area contributed by atoms with Crippen molar-refractivity contribution in [3.05, 3.63) is 11.8 Å². The van der Waals surface area contributed by atoms with Crippen LogP contribution in [0, 0.1) is 0 Å². The molecule has 0 spiro atoms. The van der Waals surface area contributed by atoms with Gasteiger partial charge in [-0.1, -0.05) is 25.4 Å². The zero-order valence-electron chi connectivity index (χ0n) is 8.97. The van der Waals surface area contributed by atoms with Crippen LogP contribution in [0.2, 0.25) is 0 Å². The minimum Gasteiger partial charge on any atom is -0.367 e. The first-order valence-corrected chi connectivity index (χ1v) is 5.52. The molecule has 80 valence electrons. The number of aliphatic imine (C=N–C) groups is 1. The highest BCUT2D eigenvalue weighted by molar-refractivity contribution is 6.21. The fraction of sp³-hybridized carbons (Fsp3) is 0.700. The quantitative estimate of drug-likeness (QED) is 0.560. The third kappa shape index (κ3) is 2.91. The van der Waals surface area contributed by atoms with E-state index in [9.17, 15) is 0 Å². The van der Waals surface area contributed by atoms with Gasteiger partial charge in [0.2, 0.25) is 0 Å². The molecule has 0 saturated heterocycles. The van der Waals surface area contributed by atoms with E-state index in [0.29, 0.717) is 6.04 Å². The van der Waals surface area contributed by atoms with E-state index in [0.717, 1.165) is 24.3 Å². The molecule has 1 heterocycles. The summed E-state index contributed by atoms with van der Waals surface area (Å²) < 4.78 is 0. The Hall–Kier alpha value is -0.700. The summed E-state index contributed by atoms with van der Waals surface area (Å²) in [7, 11) is 0. The van der Waals surface area contributed by atoms with Crippen molar-refractivity contribution >= 4 is 17.4 Å². The van der Waals surface area contributed by atoms with Crippen molar-refractivity contribution in [2.24, 2.45) is 4.99 Å². The highest BCUT2D eigenvalue weighted by Crippen LogP contribution is 2.08. The lowest BCUT2D eigenvalue weighted by Crippen LogP contribution is -2.38. The molecule has 0 radical (unpaired) electrons. The minimum absolute atomic E-state index is 0.337. The van der Waals surface area contributed by atoms with Gasteiger partial charge in [0.1, 0.15) is 5.84 Å². The monoisotopic (exact) mass is 215 g/mol. The van der Waals surface area contributed by atoms with Crippen molar-refractivity contribution in [3.63, 3.8) is 0 Å². The van der Waals surface area contributed by atoms with E-state index in [1.807, 2.05) is 13.1 Å². The smallest absolute Gasteiger partial charge is 0.197 e. The molecule has 0 amide bonds. The van der Waals surface area contributed by atoms with Crippen molar-refractivity contribution in [3.8, 4) is 0 Å². The summed E-state index contributed by atoms with van der Waals surface area (Å²) in [5, 5.41) is 6.34. The van der Waals surface area contributed by atoms with Crippen LogP contribution in [0.1, 0.15) is 33.6 Å². The normalized spacial score (nSPS) is 21.4. The molecule has 4 heteroatoms. The Labute approximate surface area is 90.6 Å². The molecule has 1 aliphatic heterocycles. The van der Waals surface area contributed by atoms with Crippen LogP contribution in [0.4, 0.5) is 0 Å². The molecular formula is C10H18ClN3. The number of alkyl halides is 1. The highest BCUT2D eigenvalue weighted by Gasteiger charge is 2.13. The van der Waals surface area contributed by atoms with E-state index in [4.69, 9.17) is 11.6 Å². The third-order valence-electron chi connectivity index (χ3n) is 2.38. The zero-order valence-corrected chi connectivity index (χ0v) is 9.73. The summed E-state index contributed by atoms with van der Waals surface area (Å²) in [6.45, 7) is 6.35. The van der Waals surface area contributed by atoms with Gasteiger partial charge in [0, 0.05) is 17.8 Å². The molecule has 3 nitrogen and oxygen atoms in total. The van der Waals surface area contributed by atoms with Crippen LogP contribution in [-0.2, 0) is 0 Å². The average Bonchev–Trinajstić information content (AvgIpc) is 2.19. The maximum atomic E-state index is 5.86. The number of amidine groups is 1. The van der Waals surface area contributed by atoms with Gasteiger partial charge in [-0.15, -0.1) is 0 Å². The van der Waals surface area contributed by atoms with E-state index in [2.05, 4.69) is 29.5 Å². The van der Waals surface area contributed by atoms with Crippen LogP contribution >= 0.6 is 11.6 Å². The fourth-order valence-corrected chi connectivity index (χ4v) is 1.51. The van der Waals surface area contributed by atoms with Crippen LogP contribution in [-0.4, -0.2) is 17.5 Å². The number of halogens is 1. The Bertz CT molecular complexity index is 244. The molecule has 1 rings (SSSR count). The van der Waals surface area contributed by atoms with E-state index in [1.54, 1.807) is 0 Å². The largest absolute Gasteiger partial charge is 0.367 e. The summed E-state index contributed by atoms with van der Waals surface area (Å²) >= 11 is 5.86. The van der Waals surface area contributed by atoms with Crippen LogP contribution in [0.15, 0.2) is 16.8 Å². The van der Waals surface area contributed by atoms with Gasteiger partial charge in [0.15, 0.2) is 5.62 Å². The van der Waals surface area contributed by atoms with Crippen LogP contribution in [0.3, 0.4) is 0 Å². The number of nitrogens with zero attached hydrogens (tertiary/aromatic N) is 1. The Balaban J connectivity index is 2.62. The van der Waals surface area contributed by atoms with Gasteiger partial charge in [-0.3, -0.25) is 0 Å². The molecule has 1 unspecified atom stereocenters. The summed E-state index contributed by atoms with van der Waals surface area (Å²) in [5.74, 6) is 0.914. The number of hydrogen-bond acceptors (Lipinski definition) is 3. The Morgan fingerprint density at radius 1 is 1.57 bits per heavy atom. The predicted molar refractivity (Wildman–Crippen MR) is 61.5 cm³/mol. The molecule has 0 bridgehead atoms. The first kappa shape index (κ1) is 11.4. The van der Waals surface area contributed by atoms with E-state index in [1.165, 1.54) is 0 Å². The molecule has 1 atom stereocenters. The second kappa shape index (κ2) is 5.25. The summed E-state index contributed by atoms with van der Waals surface area (Å²) in [6, 6.07) is 0.485. The highest BCUT2D eigenvalue weighted by atomic mass is 35.5. The molecule has 0 aromatic rings. The second-order valence-electron chi connectivity index (χ2n) is 3.47. The molecule has 0 aliphatic carbocycles. The topological polar surface area (TPSA) is 36.4 Å². The van der Waals surface area contributed by atoms with Gasteiger partial charge in [-0.25, -0.2) is 4.99 Å². The van der Waals surface area contributed by atoms with Crippen LogP contribution in [0.25, 0.3) is 0 Å². The first-order chi connectivity index (χ1) is 6.67. The predicted octanol–water partition coefficient (Wildman–Crippen LogP) is 2.19. The van der Waals surface area contributed by atoms with Crippen molar-refractivity contribution in [2.45, 2.75) is 45.3 Å². The average molecular weight is 216 g/mol. The van der Waals surface area contributed by atoms with E-state index >= 15 is 0 Å². The van der Waals surface area contributed by atoms with Gasteiger partial charge < -0.3 is 10.6 Å². The molecule has 2 N–H and O–H groups in total. The summed E-state index contributed by atoms with van der Waals surface area (Å²) in [6.07, 6.45) is 4.10. The Morgan fingerprint density at radius 3 is 2.79 bits per heavy atom. The van der Waals surface area contributed by atoms with Crippen molar-refractivity contribution in [1.29, 1.82) is 0 Å². The number of nitrogens with one attached hydrogen (secondary N) is 2. The van der Waals surface area contributed by atoms with E-state index in [-0.39, 0.29) is 5.62 Å². The standard InChI is InChI=1S/C10H18ClN3/c1-4-8(5-2)13-9-7(3)6-12-10(11)14-9/h6,8,10,12H,4-5H2,1-3H3,(H,13,14). The van der Waals surface area contributed by atoms with Gasteiger partial charge in [-0.2, -0.15) is 0 Å². The lowest BCUT2D eigenvalue weighted by Gasteiger charge is -2.22. The zero-order chi connectivity index (χ0) is 10.6. The lowest BCUT2D eigenvalue weighted by atomic mass is 10.1. The number of rotatable bonds is 3. The molecule has 14 heavy (non-hydrogen) atoms. The van der Waals surface area contributed by atoms with E-state index < -0.39 is 0 Å². The number of hydrogen-bond donors (Lipinski definition) is 2. The second-order valence-corrected chi connectivity index (χ2v) is 3.88. The molecule has 1 aliphatic rings. The minimum atomic E-state index is -0.337. The summed E-state index contributed by atoms with van der Waals surface area (Å²) in [4.78, 5) is 4.29. The maximum absolute atomic E-state index is 5.86. The SMILES string of the molecule is CCC(CC)NC1=NC(Cl)NC=C1C. The Kier molecular flexibility index (Phi) is 4.26. The third-order valence-corrected chi connectivity index (χ3v) is 2.60. The summed E-state index contributed by atoms with van der Waals surface area (Å²) in [5.41, 5.74) is 0.768.